The molecule has 5 aliphatic rings. The zero-order chi connectivity index (χ0) is 37.5. The average Bonchev–Trinajstić information content (AvgIpc) is 3.62. The number of hydrogen-bond acceptors (Lipinski definition) is 3. The Kier molecular flexibility index (Phi) is 7.79. The molecule has 1 unspecified atom stereocenters. The van der Waals surface area contributed by atoms with Gasteiger partial charge in [-0.25, -0.2) is 0 Å². The van der Waals surface area contributed by atoms with Gasteiger partial charge in [0.05, 0.1) is 16.6 Å². The van der Waals surface area contributed by atoms with E-state index in [1.165, 1.54) is 55.7 Å². The summed E-state index contributed by atoms with van der Waals surface area (Å²) in [6, 6.07) is 43.1. The van der Waals surface area contributed by atoms with Crippen LogP contribution in [-0.4, -0.2) is 18.3 Å². The van der Waals surface area contributed by atoms with Crippen LogP contribution in [0.5, 0.6) is 0 Å². The van der Waals surface area contributed by atoms with Crippen molar-refractivity contribution in [3.8, 4) is 11.1 Å². The number of nitrogens with zero attached hydrogens (tertiary/aromatic N) is 1. The van der Waals surface area contributed by atoms with Crippen molar-refractivity contribution in [1.82, 2.24) is 0 Å². The van der Waals surface area contributed by atoms with E-state index in [2.05, 4.69) is 197 Å². The third-order valence-electron chi connectivity index (χ3n) is 12.9. The predicted octanol–water partition coefficient (Wildman–Crippen LogP) is 12.0. The number of anilines is 3. The van der Waals surface area contributed by atoms with Crippen LogP contribution in [0.4, 0.5) is 17.1 Å². The molecule has 5 aromatic rings. The van der Waals surface area contributed by atoms with Crippen LogP contribution in [0.1, 0.15) is 75.3 Å². The lowest BCUT2D eigenvalue weighted by molar-refractivity contribution is 0.00578. The van der Waals surface area contributed by atoms with Gasteiger partial charge in [-0.05, 0) is 144 Å². The fraction of sp³-hybridized carbons (Fsp3) is 0.216. The van der Waals surface area contributed by atoms with E-state index < -0.39 is 23.7 Å². The Morgan fingerprint density at radius 1 is 0.655 bits per heavy atom. The molecule has 4 heteroatoms. The Hall–Kier alpha value is -5.42. The molecular weight excluding hydrogens is 669 g/mol. The molecule has 1 saturated heterocycles. The first-order valence-electron chi connectivity index (χ1n) is 19.8. The minimum atomic E-state index is -0.420. The molecule has 0 radical (unpaired) electrons. The summed E-state index contributed by atoms with van der Waals surface area (Å²) in [6.07, 6.45) is 18.2. The zero-order valence-electron chi connectivity index (χ0n) is 32.3. The van der Waals surface area contributed by atoms with Crippen LogP contribution < -0.4 is 10.4 Å². The molecule has 270 valence electrons. The zero-order valence-corrected chi connectivity index (χ0v) is 32.3. The number of benzene rings is 5. The van der Waals surface area contributed by atoms with Crippen molar-refractivity contribution < 1.29 is 9.31 Å². The lowest BCUT2D eigenvalue weighted by Gasteiger charge is -2.32. The fourth-order valence-corrected chi connectivity index (χ4v) is 9.35. The molecule has 10 rings (SSSR count). The largest absolute Gasteiger partial charge is 0.494 e. The highest BCUT2D eigenvalue weighted by molar-refractivity contribution is 6.62. The van der Waals surface area contributed by atoms with Crippen LogP contribution in [0.3, 0.4) is 0 Å². The van der Waals surface area contributed by atoms with Gasteiger partial charge in [-0.3, -0.25) is 0 Å². The standard InChI is InChI=1S/C51H46BNO2/c1-34-19-21-35(22-20-34)36-23-27-38(28-24-36)53(39-29-25-37(26-30-39)52-54-49(2,3)50(4,5)55-52)40-31-32-44-43-13-7-6-8-16-45(43)51(48(44)33-40)46-17-11-9-14-41(46)42-15-10-12-18-47(42)51/h6-7,9-19,21-34H,8,20H2,1-5H3. The van der Waals surface area contributed by atoms with Crippen molar-refractivity contribution in [1.29, 1.82) is 0 Å². The quantitative estimate of drug-likeness (QED) is 0.169. The molecular formula is C51H46BNO2. The molecule has 3 nitrogen and oxygen atoms in total. The second kappa shape index (κ2) is 12.6. The summed E-state index contributed by atoms with van der Waals surface area (Å²) in [6.45, 7) is 10.7. The summed E-state index contributed by atoms with van der Waals surface area (Å²) in [5, 5.41) is 0. The molecule has 0 amide bonds. The smallest absolute Gasteiger partial charge is 0.399 e. The number of hydrogen-bond donors (Lipinski definition) is 0. The Morgan fingerprint density at radius 2 is 1.27 bits per heavy atom. The maximum Gasteiger partial charge on any atom is 0.494 e. The minimum absolute atomic E-state index is 0.403. The van der Waals surface area contributed by atoms with E-state index in [1.54, 1.807) is 0 Å². The van der Waals surface area contributed by atoms with Crippen LogP contribution in [0.25, 0.3) is 22.3 Å². The van der Waals surface area contributed by atoms with Gasteiger partial charge in [-0.2, -0.15) is 0 Å². The number of rotatable bonds is 5. The van der Waals surface area contributed by atoms with Crippen molar-refractivity contribution in [2.24, 2.45) is 5.92 Å². The van der Waals surface area contributed by atoms with Crippen LogP contribution in [0.15, 0.2) is 163 Å². The first-order valence-corrected chi connectivity index (χ1v) is 19.8. The highest BCUT2D eigenvalue weighted by Crippen LogP contribution is 2.64. The summed E-state index contributed by atoms with van der Waals surface area (Å²) in [7, 11) is -0.420. The summed E-state index contributed by atoms with van der Waals surface area (Å²) < 4.78 is 12.9. The molecule has 0 aromatic heterocycles. The molecule has 4 aliphatic carbocycles. The average molecular weight is 716 g/mol. The lowest BCUT2D eigenvalue weighted by Crippen LogP contribution is -2.41. The normalized spacial score (nSPS) is 20.6. The van der Waals surface area contributed by atoms with Gasteiger partial charge in [0.25, 0.3) is 0 Å². The van der Waals surface area contributed by atoms with Gasteiger partial charge in [0, 0.05) is 17.1 Å². The first kappa shape index (κ1) is 34.1. The molecule has 1 atom stereocenters. The van der Waals surface area contributed by atoms with E-state index in [9.17, 15) is 0 Å². The van der Waals surface area contributed by atoms with Crippen molar-refractivity contribution in [3.05, 3.63) is 191 Å². The molecule has 0 saturated carbocycles. The van der Waals surface area contributed by atoms with Crippen LogP contribution >= 0.6 is 0 Å². The van der Waals surface area contributed by atoms with E-state index in [0.717, 1.165) is 35.4 Å². The van der Waals surface area contributed by atoms with Crippen LogP contribution in [0.2, 0.25) is 0 Å². The van der Waals surface area contributed by atoms with Gasteiger partial charge in [-0.15, -0.1) is 0 Å². The Morgan fingerprint density at radius 3 is 1.91 bits per heavy atom. The maximum absolute atomic E-state index is 6.45. The minimum Gasteiger partial charge on any atom is -0.399 e. The van der Waals surface area contributed by atoms with Gasteiger partial charge >= 0.3 is 7.12 Å². The maximum atomic E-state index is 6.45. The Balaban J connectivity index is 1.14. The summed E-state index contributed by atoms with van der Waals surface area (Å²) in [5.74, 6) is 0.580. The van der Waals surface area contributed by atoms with Crippen molar-refractivity contribution in [2.75, 3.05) is 4.90 Å². The number of fused-ring (bicyclic) bond motifs is 10. The van der Waals surface area contributed by atoms with Gasteiger partial charge < -0.3 is 14.2 Å². The second-order valence-corrected chi connectivity index (χ2v) is 16.7. The summed E-state index contributed by atoms with van der Waals surface area (Å²) >= 11 is 0. The first-order chi connectivity index (χ1) is 26.7. The SMILES string of the molecule is CC1C=CC(c2ccc(N(c3ccc(B4OC(C)(C)C(C)(C)O4)cc3)c3ccc4c(c3)C3(C5=CCC=CC=C54)c4ccccc4-c4ccccc43)cc2)=CC1. The third-order valence-corrected chi connectivity index (χ3v) is 12.9. The molecule has 55 heavy (non-hydrogen) atoms. The fourth-order valence-electron chi connectivity index (χ4n) is 9.35. The molecule has 0 bridgehead atoms. The van der Waals surface area contributed by atoms with E-state index >= 15 is 0 Å². The highest BCUT2D eigenvalue weighted by Gasteiger charge is 2.54. The van der Waals surface area contributed by atoms with Gasteiger partial charge in [0.1, 0.15) is 0 Å². The van der Waals surface area contributed by atoms with E-state index in [1.807, 2.05) is 0 Å². The molecule has 1 fully saturated rings. The lowest BCUT2D eigenvalue weighted by atomic mass is 9.70. The summed E-state index contributed by atoms with van der Waals surface area (Å²) in [5.41, 5.74) is 16.3. The number of allylic oxidation sites excluding steroid dienone is 10. The third kappa shape index (κ3) is 5.19. The Labute approximate surface area is 326 Å². The highest BCUT2D eigenvalue weighted by atomic mass is 16.7. The monoisotopic (exact) mass is 715 g/mol. The van der Waals surface area contributed by atoms with Crippen LogP contribution in [0, 0.1) is 5.92 Å². The molecule has 0 N–H and O–H groups in total. The van der Waals surface area contributed by atoms with Crippen molar-refractivity contribution >= 4 is 40.8 Å². The van der Waals surface area contributed by atoms with Gasteiger partial charge in [0.2, 0.25) is 0 Å². The van der Waals surface area contributed by atoms with Gasteiger partial charge in [-0.1, -0.05) is 128 Å². The molecule has 1 spiro atoms. The van der Waals surface area contributed by atoms with Crippen LogP contribution in [-0.2, 0) is 14.7 Å². The second-order valence-electron chi connectivity index (χ2n) is 16.7. The van der Waals surface area contributed by atoms with E-state index in [4.69, 9.17) is 9.31 Å². The van der Waals surface area contributed by atoms with Crippen molar-refractivity contribution in [3.63, 3.8) is 0 Å². The van der Waals surface area contributed by atoms with Gasteiger partial charge in [0.15, 0.2) is 0 Å². The molecule has 1 aliphatic heterocycles. The summed E-state index contributed by atoms with van der Waals surface area (Å²) in [4.78, 5) is 2.41. The van der Waals surface area contributed by atoms with Crippen molar-refractivity contribution in [2.45, 2.75) is 64.1 Å². The topological polar surface area (TPSA) is 21.7 Å². The molecule has 5 aromatic carbocycles. The van der Waals surface area contributed by atoms with E-state index in [0.29, 0.717) is 5.92 Å². The predicted molar refractivity (Wildman–Crippen MR) is 229 cm³/mol. The molecule has 1 heterocycles. The van der Waals surface area contributed by atoms with E-state index in [-0.39, 0.29) is 0 Å². The Bertz CT molecular complexity index is 2450.